The average molecular weight is 595 g/mol. The number of aromatic nitrogens is 2. The minimum Gasteiger partial charge on any atom is -0.481 e. The van der Waals surface area contributed by atoms with Crippen LogP contribution in [0.4, 0.5) is 0 Å². The Morgan fingerprint density at radius 3 is 2.21 bits per heavy atom. The lowest BCUT2D eigenvalue weighted by Crippen LogP contribution is -2.46. The van der Waals surface area contributed by atoms with E-state index in [1.54, 1.807) is 13.8 Å². The third-order valence-electron chi connectivity index (χ3n) is 6.58. The highest BCUT2D eigenvalue weighted by molar-refractivity contribution is 5.96. The molecule has 5 N–H and O–H groups in total. The van der Waals surface area contributed by atoms with Crippen LogP contribution < -0.4 is 11.1 Å². The second-order valence-electron chi connectivity index (χ2n) is 11.7. The van der Waals surface area contributed by atoms with Gasteiger partial charge in [0.05, 0.1) is 30.2 Å². The molecule has 0 bridgehead atoms. The highest BCUT2D eigenvalue weighted by Crippen LogP contribution is 2.21. The minimum absolute atomic E-state index is 0.0597. The van der Waals surface area contributed by atoms with Gasteiger partial charge in [-0.1, -0.05) is 87.9 Å². The summed E-state index contributed by atoms with van der Waals surface area (Å²) in [5.41, 5.74) is 8.24. The summed E-state index contributed by atoms with van der Waals surface area (Å²) in [6.45, 7) is 9.32. The van der Waals surface area contributed by atoms with Gasteiger partial charge >= 0.3 is 11.9 Å². The van der Waals surface area contributed by atoms with Crippen LogP contribution in [0, 0.1) is 24.2 Å². The largest absolute Gasteiger partial charge is 0.481 e. The van der Waals surface area contributed by atoms with Crippen molar-refractivity contribution in [1.82, 2.24) is 15.5 Å². The normalized spacial score (nSPS) is 12.5. The molecular formula is C32H42N4O7. The van der Waals surface area contributed by atoms with Crippen LogP contribution in [0.1, 0.15) is 73.8 Å². The van der Waals surface area contributed by atoms with Crippen LogP contribution in [0.15, 0.2) is 59.0 Å². The van der Waals surface area contributed by atoms with Crippen molar-refractivity contribution < 1.29 is 33.8 Å². The van der Waals surface area contributed by atoms with Crippen molar-refractivity contribution >= 4 is 23.6 Å². The Balaban J connectivity index is 0.000000455. The van der Waals surface area contributed by atoms with Crippen LogP contribution in [0.5, 0.6) is 0 Å². The first kappa shape index (κ1) is 34.8. The van der Waals surface area contributed by atoms with E-state index in [0.29, 0.717) is 25.2 Å². The Kier molecular flexibility index (Phi) is 13.2. The van der Waals surface area contributed by atoms with Gasteiger partial charge < -0.3 is 25.7 Å². The zero-order valence-electron chi connectivity index (χ0n) is 25.4. The van der Waals surface area contributed by atoms with E-state index in [-0.39, 0.29) is 36.5 Å². The number of hydrogen-bond acceptors (Lipinski definition) is 8. The first-order valence-electron chi connectivity index (χ1n) is 14.1. The van der Waals surface area contributed by atoms with Gasteiger partial charge in [0.2, 0.25) is 17.6 Å². The molecule has 43 heavy (non-hydrogen) atoms. The van der Waals surface area contributed by atoms with Crippen molar-refractivity contribution in [3.05, 3.63) is 83.1 Å². The second-order valence-corrected chi connectivity index (χ2v) is 11.7. The van der Waals surface area contributed by atoms with Crippen molar-refractivity contribution in [2.75, 3.05) is 6.54 Å². The van der Waals surface area contributed by atoms with Crippen molar-refractivity contribution in [2.45, 2.75) is 66.3 Å². The number of carbonyl (C=O) groups excluding carboxylic acids is 2. The summed E-state index contributed by atoms with van der Waals surface area (Å²) in [6, 6.07) is 16.8. The molecule has 1 amide bonds. The van der Waals surface area contributed by atoms with Gasteiger partial charge in [-0.3, -0.25) is 19.2 Å². The van der Waals surface area contributed by atoms with E-state index in [4.69, 9.17) is 20.4 Å². The number of nitrogens with zero attached hydrogens (tertiary/aromatic N) is 2. The van der Waals surface area contributed by atoms with Gasteiger partial charge in [-0.15, -0.1) is 10.2 Å². The molecule has 0 aliphatic rings. The number of nitrogens with one attached hydrogen (secondary N) is 1. The third-order valence-corrected chi connectivity index (χ3v) is 6.58. The number of rotatable bonds is 14. The zero-order valence-corrected chi connectivity index (χ0v) is 25.4. The molecule has 0 saturated heterocycles. The Labute approximate surface area is 251 Å². The predicted molar refractivity (Wildman–Crippen MR) is 160 cm³/mol. The number of benzene rings is 2. The van der Waals surface area contributed by atoms with Crippen LogP contribution >= 0.6 is 0 Å². The lowest BCUT2D eigenvalue weighted by molar-refractivity contribution is -0.148. The third kappa shape index (κ3) is 12.2. The van der Waals surface area contributed by atoms with Gasteiger partial charge in [0.1, 0.15) is 0 Å². The number of aliphatic carboxylic acids is 2. The fraction of sp³-hybridized carbons (Fsp3) is 0.438. The maximum absolute atomic E-state index is 12.9. The van der Waals surface area contributed by atoms with Crippen molar-refractivity contribution in [3.63, 3.8) is 0 Å². The number of carboxylic acid groups (broad SMARTS) is 2. The van der Waals surface area contributed by atoms with Gasteiger partial charge in [0.15, 0.2) is 0 Å². The molecule has 3 rings (SSSR count). The first-order chi connectivity index (χ1) is 20.2. The van der Waals surface area contributed by atoms with Gasteiger partial charge in [0, 0.05) is 6.54 Å². The Morgan fingerprint density at radius 1 is 0.977 bits per heavy atom. The molecule has 2 aromatic carbocycles. The molecule has 11 heteroatoms. The number of nitrogens with two attached hydrogens (primary N) is 1. The molecule has 0 radical (unpaired) electrons. The molecular weight excluding hydrogens is 552 g/mol. The molecule has 3 aromatic rings. The summed E-state index contributed by atoms with van der Waals surface area (Å²) in [5, 5.41) is 27.7. The number of Topliss-reactive ketones (excluding diaryl/α,β-unsaturated/α-hetero) is 1. The quantitative estimate of drug-likeness (QED) is 0.198. The highest BCUT2D eigenvalue weighted by Gasteiger charge is 2.34. The minimum atomic E-state index is -1.05. The van der Waals surface area contributed by atoms with E-state index in [9.17, 15) is 19.2 Å². The number of ketones is 1. The summed E-state index contributed by atoms with van der Waals surface area (Å²) in [7, 11) is 0. The van der Waals surface area contributed by atoms with Gasteiger partial charge in [-0.25, -0.2) is 0 Å². The highest BCUT2D eigenvalue weighted by atomic mass is 16.4. The van der Waals surface area contributed by atoms with E-state index in [1.165, 1.54) is 0 Å². The molecule has 0 unspecified atom stereocenters. The second kappa shape index (κ2) is 16.3. The van der Waals surface area contributed by atoms with Gasteiger partial charge in [-0.05, 0) is 36.8 Å². The number of amides is 1. The number of aryl methyl sites for hydroxylation is 1. The summed E-state index contributed by atoms with van der Waals surface area (Å²) >= 11 is 0. The van der Waals surface area contributed by atoms with Gasteiger partial charge in [0.25, 0.3) is 5.89 Å². The maximum atomic E-state index is 12.9. The smallest absolute Gasteiger partial charge is 0.307 e. The lowest BCUT2D eigenvalue weighted by Gasteiger charge is -2.22. The summed E-state index contributed by atoms with van der Waals surface area (Å²) in [4.78, 5) is 46.0. The molecule has 2 atom stereocenters. The fourth-order valence-corrected chi connectivity index (χ4v) is 4.23. The lowest BCUT2D eigenvalue weighted by atomic mass is 9.87. The topological polar surface area (TPSA) is 186 Å². The van der Waals surface area contributed by atoms with E-state index in [1.807, 2.05) is 75.4 Å². The van der Waals surface area contributed by atoms with Crippen LogP contribution in [0.2, 0.25) is 0 Å². The predicted octanol–water partition coefficient (Wildman–Crippen LogP) is 4.07. The monoisotopic (exact) mass is 594 g/mol. The Morgan fingerprint density at radius 2 is 1.63 bits per heavy atom. The standard InChI is InChI=1S/C24H28N4O3.C8H14O4/c1-16-8-7-11-18(12-16)14-20-27-28-23(31-20)21(29)24(2,3)15-26-22(30)19(25)13-17-9-5-4-6-10-17;1-5(2)3-6(8(11)12)4-7(9)10/h4-12,19H,13-15,25H2,1-3H3,(H,26,30);5-6H,3-4H2,1-2H3,(H,9,10)(H,11,12)/t19-;6-/m00/s1. The fourth-order valence-electron chi connectivity index (χ4n) is 4.23. The average Bonchev–Trinajstić information content (AvgIpc) is 3.39. The van der Waals surface area contributed by atoms with Crippen molar-refractivity contribution in [3.8, 4) is 0 Å². The van der Waals surface area contributed by atoms with Crippen molar-refractivity contribution in [2.24, 2.45) is 23.0 Å². The zero-order chi connectivity index (χ0) is 32.2. The Hall–Kier alpha value is -4.38. The molecule has 0 saturated carbocycles. The Bertz CT molecular complexity index is 1370. The molecule has 1 heterocycles. The van der Waals surface area contributed by atoms with Crippen LogP contribution in [-0.2, 0) is 27.2 Å². The van der Waals surface area contributed by atoms with E-state index in [0.717, 1.165) is 16.7 Å². The van der Waals surface area contributed by atoms with E-state index in [2.05, 4.69) is 15.5 Å². The van der Waals surface area contributed by atoms with Crippen LogP contribution in [-0.4, -0.2) is 56.6 Å². The first-order valence-corrected chi connectivity index (χ1v) is 14.1. The van der Waals surface area contributed by atoms with Crippen LogP contribution in [0.25, 0.3) is 0 Å². The van der Waals surface area contributed by atoms with E-state index >= 15 is 0 Å². The number of carboxylic acids is 2. The summed E-state index contributed by atoms with van der Waals surface area (Å²) < 4.78 is 5.60. The molecule has 0 spiro atoms. The number of carbonyl (C=O) groups is 4. The van der Waals surface area contributed by atoms with Crippen molar-refractivity contribution in [1.29, 1.82) is 0 Å². The summed E-state index contributed by atoms with van der Waals surface area (Å²) in [5.74, 6) is -2.93. The molecule has 0 aliphatic heterocycles. The molecule has 0 fully saturated rings. The van der Waals surface area contributed by atoms with Gasteiger partial charge in [-0.2, -0.15) is 0 Å². The summed E-state index contributed by atoms with van der Waals surface area (Å²) in [6.07, 6.45) is 1.01. The molecule has 11 nitrogen and oxygen atoms in total. The van der Waals surface area contributed by atoms with E-state index < -0.39 is 29.3 Å². The number of hydrogen-bond donors (Lipinski definition) is 4. The SMILES string of the molecule is CC(C)C[C@@H](CC(=O)O)C(=O)O.Cc1cccc(Cc2nnc(C(=O)C(C)(C)CNC(=O)[C@@H](N)Cc3ccccc3)o2)c1. The molecule has 232 valence electrons. The van der Waals surface area contributed by atoms with Crippen LogP contribution in [0.3, 0.4) is 0 Å². The maximum Gasteiger partial charge on any atom is 0.307 e. The molecule has 1 aromatic heterocycles. The molecule has 0 aliphatic carbocycles.